The number of hydrogen-bond acceptors (Lipinski definition) is 3. The zero-order chi connectivity index (χ0) is 33.6. The number of ether oxygens (including phenoxy) is 1. The molecule has 0 aliphatic rings. The Kier molecular flexibility index (Phi) is 15.8. The molecule has 0 saturated heterocycles. The fourth-order valence-electron chi connectivity index (χ4n) is 4.97. The molecular formula is C43H44N2OSZr-. The minimum absolute atomic E-state index is 0. The minimum atomic E-state index is -0.183. The van der Waals surface area contributed by atoms with Gasteiger partial charge in [0.2, 0.25) is 0 Å². The van der Waals surface area contributed by atoms with Crippen LogP contribution >= 0.6 is 11.3 Å². The van der Waals surface area contributed by atoms with E-state index in [-0.39, 0.29) is 32.2 Å². The van der Waals surface area contributed by atoms with Crippen molar-refractivity contribution in [3.63, 3.8) is 0 Å². The Bertz CT molecular complexity index is 1710. The van der Waals surface area contributed by atoms with E-state index in [9.17, 15) is 0 Å². The van der Waals surface area contributed by atoms with Gasteiger partial charge in [0, 0.05) is 11.4 Å². The summed E-state index contributed by atoms with van der Waals surface area (Å²) in [6.45, 7) is 16.4. The summed E-state index contributed by atoms with van der Waals surface area (Å²) in [5.41, 5.74) is 8.66. The SMILES string of the molecule is COc1ccc[c-]c1-c1csc(C([N-]c2c(C(C)C)cccc2C(C)C)c2ccccc2)n1.[CH2-]c1ccccc1.[CH2-]c1ccccc1.[Zr+3]. The maximum absolute atomic E-state index is 5.54. The smallest absolute Gasteiger partial charge is 0.672 e. The molecule has 0 bridgehead atoms. The van der Waals surface area contributed by atoms with Gasteiger partial charge in [-0.2, -0.15) is 49.2 Å². The van der Waals surface area contributed by atoms with Gasteiger partial charge in [-0.25, -0.2) is 0 Å². The first-order valence-corrected chi connectivity index (χ1v) is 16.8. The molecule has 0 aliphatic heterocycles. The summed E-state index contributed by atoms with van der Waals surface area (Å²) in [6, 6.07) is 45.6. The van der Waals surface area contributed by atoms with Crippen LogP contribution in [-0.4, -0.2) is 12.1 Å². The van der Waals surface area contributed by atoms with Crippen molar-refractivity contribution in [3.8, 4) is 17.0 Å². The van der Waals surface area contributed by atoms with E-state index in [4.69, 9.17) is 15.0 Å². The number of nitrogens with zero attached hydrogens (tertiary/aromatic N) is 2. The largest absolute Gasteiger partial charge is 3.00 e. The second-order valence-corrected chi connectivity index (χ2v) is 12.6. The summed E-state index contributed by atoms with van der Waals surface area (Å²) in [7, 11) is 1.68. The van der Waals surface area contributed by atoms with Crippen molar-refractivity contribution in [1.29, 1.82) is 0 Å². The van der Waals surface area contributed by atoms with Crippen molar-refractivity contribution in [2.45, 2.75) is 45.6 Å². The van der Waals surface area contributed by atoms with Crippen molar-refractivity contribution in [2.24, 2.45) is 0 Å². The second kappa shape index (κ2) is 19.7. The molecule has 0 N–H and O–H groups in total. The molecule has 243 valence electrons. The molecule has 1 atom stereocenters. The van der Waals surface area contributed by atoms with Gasteiger partial charge in [0.25, 0.3) is 0 Å². The zero-order valence-corrected chi connectivity index (χ0v) is 31.8. The normalized spacial score (nSPS) is 10.9. The van der Waals surface area contributed by atoms with Crippen molar-refractivity contribution in [1.82, 2.24) is 4.98 Å². The molecule has 1 aromatic heterocycles. The molecule has 0 fully saturated rings. The van der Waals surface area contributed by atoms with Gasteiger partial charge in [0.05, 0.1) is 12.1 Å². The standard InChI is InChI=1S/C29H30N2OS.2C7H7.Zr/c1-19(2)22-15-11-16-23(20(3)4)28(22)31-27(21-12-7-6-8-13-21)29-30-25(18-33-29)24-14-9-10-17-26(24)32-5;2*1-7-5-3-2-4-6-7;/h6-13,15-20,27H,1-5H3;2*2-6H,1H2;/q-2;2*-1;+3. The summed E-state index contributed by atoms with van der Waals surface area (Å²) in [4.78, 5) is 5.02. The van der Waals surface area contributed by atoms with Crippen LogP contribution < -0.4 is 4.74 Å². The number of methoxy groups -OCH3 is 1. The number of rotatable bonds is 8. The average Bonchev–Trinajstić information content (AvgIpc) is 3.58. The Labute approximate surface area is 311 Å². The van der Waals surface area contributed by atoms with Crippen molar-refractivity contribution in [3.05, 3.63) is 191 Å². The van der Waals surface area contributed by atoms with Gasteiger partial charge in [-0.05, 0) is 23.3 Å². The van der Waals surface area contributed by atoms with E-state index in [2.05, 4.69) is 95.5 Å². The molecule has 5 aromatic carbocycles. The Balaban J connectivity index is 0.000000343. The van der Waals surface area contributed by atoms with Gasteiger partial charge in [-0.3, -0.25) is 4.98 Å². The summed E-state index contributed by atoms with van der Waals surface area (Å²) in [5, 5.41) is 8.44. The van der Waals surface area contributed by atoms with E-state index in [0.29, 0.717) is 11.8 Å². The molecule has 0 spiro atoms. The van der Waals surface area contributed by atoms with Gasteiger partial charge >= 0.3 is 26.2 Å². The van der Waals surface area contributed by atoms with Crippen LogP contribution in [0.15, 0.2) is 133 Å². The van der Waals surface area contributed by atoms with Crippen LogP contribution in [0.1, 0.15) is 78.4 Å². The molecule has 1 radical (unpaired) electrons. The van der Waals surface area contributed by atoms with Gasteiger partial charge in [0.1, 0.15) is 0 Å². The third-order valence-electron chi connectivity index (χ3n) is 7.45. The molecule has 5 heteroatoms. The first kappa shape index (κ1) is 38.4. The molecule has 1 unspecified atom stereocenters. The fourth-order valence-corrected chi connectivity index (χ4v) is 5.85. The van der Waals surface area contributed by atoms with Crippen LogP contribution in [0.2, 0.25) is 0 Å². The van der Waals surface area contributed by atoms with Gasteiger partial charge in [-0.1, -0.05) is 111 Å². The maximum Gasteiger partial charge on any atom is 3.00 e. The molecule has 0 saturated carbocycles. The maximum atomic E-state index is 5.54. The number of para-hydroxylation sites is 1. The first-order valence-electron chi connectivity index (χ1n) is 15.9. The number of hydrogen-bond donors (Lipinski definition) is 0. The molecule has 1 heterocycles. The number of benzene rings is 5. The van der Waals surface area contributed by atoms with E-state index < -0.39 is 0 Å². The Morgan fingerprint density at radius 1 is 0.688 bits per heavy atom. The molecule has 3 nitrogen and oxygen atoms in total. The Morgan fingerprint density at radius 2 is 1.21 bits per heavy atom. The zero-order valence-electron chi connectivity index (χ0n) is 28.6. The van der Waals surface area contributed by atoms with Crippen LogP contribution in [0.25, 0.3) is 16.6 Å². The van der Waals surface area contributed by atoms with Gasteiger partial charge in [-0.15, -0.1) is 65.6 Å². The topological polar surface area (TPSA) is 36.2 Å². The number of aromatic nitrogens is 1. The van der Waals surface area contributed by atoms with Crippen LogP contribution in [0.3, 0.4) is 0 Å². The van der Waals surface area contributed by atoms with Gasteiger partial charge in [0.15, 0.2) is 0 Å². The van der Waals surface area contributed by atoms with E-state index in [0.717, 1.165) is 44.4 Å². The fraction of sp³-hybridized carbons (Fsp3) is 0.186. The molecule has 0 amide bonds. The minimum Gasteiger partial charge on any atom is -0.672 e. The van der Waals surface area contributed by atoms with Crippen molar-refractivity contribution < 1.29 is 30.9 Å². The summed E-state index contributed by atoms with van der Waals surface area (Å²) in [5.74, 6) is 1.54. The summed E-state index contributed by atoms with van der Waals surface area (Å²) >= 11 is 1.63. The summed E-state index contributed by atoms with van der Waals surface area (Å²) in [6.07, 6.45) is 0. The third kappa shape index (κ3) is 11.0. The predicted octanol–water partition coefficient (Wildman–Crippen LogP) is 12.4. The average molecular weight is 728 g/mol. The summed E-state index contributed by atoms with van der Waals surface area (Å²) < 4.78 is 5.54. The van der Waals surface area contributed by atoms with E-state index in [1.54, 1.807) is 18.4 Å². The van der Waals surface area contributed by atoms with Crippen LogP contribution in [0.4, 0.5) is 5.69 Å². The molecular weight excluding hydrogens is 684 g/mol. The first-order chi connectivity index (χ1) is 22.8. The van der Waals surface area contributed by atoms with E-state index in [1.165, 1.54) is 11.1 Å². The molecule has 48 heavy (non-hydrogen) atoms. The monoisotopic (exact) mass is 726 g/mol. The second-order valence-electron chi connectivity index (χ2n) is 11.7. The Hall–Kier alpha value is -4.05. The van der Waals surface area contributed by atoms with Crippen molar-refractivity contribution >= 4 is 17.0 Å². The van der Waals surface area contributed by atoms with E-state index >= 15 is 0 Å². The van der Waals surface area contributed by atoms with Crippen LogP contribution in [-0.2, 0) is 26.2 Å². The molecule has 0 aliphatic carbocycles. The van der Waals surface area contributed by atoms with Gasteiger partial charge < -0.3 is 10.1 Å². The van der Waals surface area contributed by atoms with Crippen molar-refractivity contribution in [2.75, 3.05) is 7.11 Å². The number of thiazole rings is 1. The Morgan fingerprint density at radius 3 is 1.67 bits per heavy atom. The quantitative estimate of drug-likeness (QED) is 0.146. The molecule has 6 aromatic rings. The third-order valence-corrected chi connectivity index (χ3v) is 8.35. The predicted molar refractivity (Wildman–Crippen MR) is 201 cm³/mol. The van der Waals surface area contributed by atoms with E-state index in [1.807, 2.05) is 84.9 Å². The van der Waals surface area contributed by atoms with Crippen LogP contribution in [0, 0.1) is 19.9 Å². The molecule has 6 rings (SSSR count). The van der Waals surface area contributed by atoms with Crippen LogP contribution in [0.5, 0.6) is 5.75 Å².